The number of carbonyl (C=O) groups excluding carboxylic acids is 1. The van der Waals surface area contributed by atoms with Gasteiger partial charge in [0.05, 0.1) is 32.9 Å². The summed E-state index contributed by atoms with van der Waals surface area (Å²) in [4.78, 5) is 15.7. The van der Waals surface area contributed by atoms with Crippen molar-refractivity contribution in [3.8, 4) is 0 Å². The molecule has 1 unspecified atom stereocenters. The molecule has 6 nitrogen and oxygen atoms in total. The summed E-state index contributed by atoms with van der Waals surface area (Å²) in [7, 11) is -1.80. The first-order valence-corrected chi connectivity index (χ1v) is 10.3. The SMILES string of the molecule is [C-]#[N+]C(C)(C)CC(C)(SCCP(=O)(OCC)OCC)C(=O)OC. The van der Waals surface area contributed by atoms with Crippen molar-refractivity contribution in [2.75, 3.05) is 32.2 Å². The van der Waals surface area contributed by atoms with Gasteiger partial charge in [-0.1, -0.05) is 0 Å². The standard InChI is InChI=1S/C15H28NO5PS/c1-8-20-22(18,21-9-2)10-11-23-15(5,13(17)19-7)12-14(3,4)16-6/h8-12H2,1-5,7H3. The smallest absolute Gasteiger partial charge is 0.331 e. The number of carbonyl (C=O) groups is 1. The van der Waals surface area contributed by atoms with E-state index in [1.807, 2.05) is 0 Å². The fourth-order valence-electron chi connectivity index (χ4n) is 2.21. The number of ether oxygens (including phenoxy) is 1. The fourth-order valence-corrected chi connectivity index (χ4v) is 5.69. The number of thioether (sulfide) groups is 1. The second kappa shape index (κ2) is 9.68. The van der Waals surface area contributed by atoms with Crippen molar-refractivity contribution in [2.24, 2.45) is 0 Å². The molecule has 0 aliphatic heterocycles. The summed E-state index contributed by atoms with van der Waals surface area (Å²) in [5, 5.41) is 0. The maximum absolute atomic E-state index is 12.5. The molecule has 0 aliphatic rings. The maximum Gasteiger partial charge on any atom is 0.331 e. The van der Waals surface area contributed by atoms with Crippen LogP contribution in [-0.2, 0) is 23.1 Å². The first kappa shape index (κ1) is 22.5. The quantitative estimate of drug-likeness (QED) is 0.313. The zero-order valence-electron chi connectivity index (χ0n) is 14.9. The molecule has 1 atom stereocenters. The van der Waals surface area contributed by atoms with E-state index in [-0.39, 0.29) is 12.1 Å². The first-order chi connectivity index (χ1) is 10.6. The van der Waals surface area contributed by atoms with Crippen LogP contribution in [0.15, 0.2) is 0 Å². The van der Waals surface area contributed by atoms with Gasteiger partial charge in [-0.2, -0.15) is 0 Å². The van der Waals surface area contributed by atoms with E-state index < -0.39 is 17.9 Å². The summed E-state index contributed by atoms with van der Waals surface area (Å²) in [5.41, 5.74) is -0.681. The Morgan fingerprint density at radius 1 is 1.22 bits per heavy atom. The number of nitrogens with zero attached hydrogens (tertiary/aromatic N) is 1. The summed E-state index contributed by atoms with van der Waals surface area (Å²) in [5.74, 6) is 0.0265. The van der Waals surface area contributed by atoms with Gasteiger partial charge in [-0.05, 0) is 20.8 Å². The zero-order chi connectivity index (χ0) is 18.1. The number of hydrogen-bond acceptors (Lipinski definition) is 6. The summed E-state index contributed by atoms with van der Waals surface area (Å²) < 4.78 is 27.0. The van der Waals surface area contributed by atoms with Gasteiger partial charge in [0.2, 0.25) is 5.54 Å². The van der Waals surface area contributed by atoms with E-state index in [1.165, 1.54) is 18.9 Å². The van der Waals surface area contributed by atoms with Crippen LogP contribution in [0, 0.1) is 6.57 Å². The molecule has 0 aromatic rings. The Balaban J connectivity index is 4.97. The minimum atomic E-state index is -3.14. The Bertz CT molecular complexity index is 467. The molecule has 0 aliphatic carbocycles. The Kier molecular flexibility index (Phi) is 9.46. The predicted octanol–water partition coefficient (Wildman–Crippen LogP) is 4.01. The third-order valence-electron chi connectivity index (χ3n) is 3.13. The van der Waals surface area contributed by atoms with E-state index >= 15 is 0 Å². The van der Waals surface area contributed by atoms with Gasteiger partial charge in [-0.25, -0.2) is 6.57 Å². The molecule has 0 saturated carbocycles. The van der Waals surface area contributed by atoms with Crippen molar-refractivity contribution in [3.05, 3.63) is 11.4 Å². The van der Waals surface area contributed by atoms with E-state index in [1.54, 1.807) is 34.6 Å². The molecule has 23 heavy (non-hydrogen) atoms. The van der Waals surface area contributed by atoms with Crippen molar-refractivity contribution in [2.45, 2.75) is 51.3 Å². The molecule has 0 amide bonds. The number of rotatable bonds is 11. The van der Waals surface area contributed by atoms with Crippen LogP contribution in [0.25, 0.3) is 4.85 Å². The number of methoxy groups -OCH3 is 1. The lowest BCUT2D eigenvalue weighted by molar-refractivity contribution is -0.143. The van der Waals surface area contributed by atoms with E-state index in [4.69, 9.17) is 20.4 Å². The normalized spacial score (nSPS) is 14.8. The van der Waals surface area contributed by atoms with Crippen LogP contribution in [-0.4, -0.2) is 48.5 Å². The van der Waals surface area contributed by atoms with Crippen LogP contribution in [0.1, 0.15) is 41.0 Å². The van der Waals surface area contributed by atoms with E-state index in [2.05, 4.69) is 4.85 Å². The van der Waals surface area contributed by atoms with Crippen LogP contribution >= 0.6 is 19.4 Å². The highest BCUT2D eigenvalue weighted by atomic mass is 32.2. The van der Waals surface area contributed by atoms with Crippen molar-refractivity contribution in [3.63, 3.8) is 0 Å². The molecule has 0 aromatic heterocycles. The highest BCUT2D eigenvalue weighted by Crippen LogP contribution is 2.49. The van der Waals surface area contributed by atoms with Crippen LogP contribution in [0.3, 0.4) is 0 Å². The summed E-state index contributed by atoms with van der Waals surface area (Å²) in [6, 6.07) is 0. The van der Waals surface area contributed by atoms with Gasteiger partial charge in [-0.3, -0.25) is 9.36 Å². The fraction of sp³-hybridized carbons (Fsp3) is 0.867. The van der Waals surface area contributed by atoms with Crippen molar-refractivity contribution >= 4 is 25.3 Å². The lowest BCUT2D eigenvalue weighted by Gasteiger charge is -2.29. The molecule has 8 heteroatoms. The number of hydrogen-bond donors (Lipinski definition) is 0. The van der Waals surface area contributed by atoms with Crippen LogP contribution in [0.2, 0.25) is 0 Å². The molecule has 0 radical (unpaired) electrons. The van der Waals surface area contributed by atoms with Gasteiger partial charge < -0.3 is 18.6 Å². The molecule has 0 aromatic carbocycles. The minimum Gasteiger partial charge on any atom is -0.468 e. The second-order valence-electron chi connectivity index (χ2n) is 5.84. The molecule has 134 valence electrons. The van der Waals surface area contributed by atoms with Crippen molar-refractivity contribution in [1.29, 1.82) is 0 Å². The van der Waals surface area contributed by atoms with Gasteiger partial charge in [0.15, 0.2) is 0 Å². The molecular formula is C15H28NO5PS. The highest BCUT2D eigenvalue weighted by molar-refractivity contribution is 8.01. The van der Waals surface area contributed by atoms with Gasteiger partial charge in [0, 0.05) is 19.6 Å². The van der Waals surface area contributed by atoms with E-state index in [0.29, 0.717) is 25.4 Å². The Morgan fingerprint density at radius 2 is 1.74 bits per heavy atom. The molecular weight excluding hydrogens is 337 g/mol. The van der Waals surface area contributed by atoms with Gasteiger partial charge >= 0.3 is 13.6 Å². The Morgan fingerprint density at radius 3 is 2.13 bits per heavy atom. The molecule has 0 bridgehead atoms. The monoisotopic (exact) mass is 365 g/mol. The maximum atomic E-state index is 12.5. The molecule has 0 rings (SSSR count). The lowest BCUT2D eigenvalue weighted by Crippen LogP contribution is -2.39. The largest absolute Gasteiger partial charge is 0.468 e. The van der Waals surface area contributed by atoms with Gasteiger partial charge in [0.25, 0.3) is 0 Å². The summed E-state index contributed by atoms with van der Waals surface area (Å²) >= 11 is 1.33. The average Bonchev–Trinajstić information content (AvgIpc) is 2.46. The van der Waals surface area contributed by atoms with Gasteiger partial charge in [0.1, 0.15) is 4.75 Å². The third kappa shape index (κ3) is 7.71. The van der Waals surface area contributed by atoms with Crippen LogP contribution in [0.5, 0.6) is 0 Å². The van der Waals surface area contributed by atoms with Crippen molar-refractivity contribution in [1.82, 2.24) is 0 Å². The molecule has 0 saturated heterocycles. The van der Waals surface area contributed by atoms with Crippen LogP contribution in [0.4, 0.5) is 0 Å². The minimum absolute atomic E-state index is 0.213. The predicted molar refractivity (Wildman–Crippen MR) is 93.9 cm³/mol. The summed E-state index contributed by atoms with van der Waals surface area (Å²) in [6.45, 7) is 16.7. The zero-order valence-corrected chi connectivity index (χ0v) is 16.6. The van der Waals surface area contributed by atoms with Crippen LogP contribution < -0.4 is 0 Å². The Hall–Kier alpha value is -0.540. The second-order valence-corrected chi connectivity index (χ2v) is 9.63. The first-order valence-electron chi connectivity index (χ1n) is 7.57. The number of esters is 1. The van der Waals surface area contributed by atoms with Gasteiger partial charge in [-0.15, -0.1) is 11.8 Å². The third-order valence-corrected chi connectivity index (χ3v) is 6.86. The highest BCUT2D eigenvalue weighted by Gasteiger charge is 2.44. The van der Waals surface area contributed by atoms with E-state index in [9.17, 15) is 9.36 Å². The molecule has 0 N–H and O–H groups in total. The lowest BCUT2D eigenvalue weighted by atomic mass is 9.92. The molecule has 0 fully saturated rings. The average molecular weight is 365 g/mol. The summed E-state index contributed by atoms with van der Waals surface area (Å²) in [6.07, 6.45) is 0.554. The van der Waals surface area contributed by atoms with Crippen molar-refractivity contribution < 1.29 is 23.1 Å². The Labute approximate surface area is 144 Å². The van der Waals surface area contributed by atoms with E-state index in [0.717, 1.165) is 0 Å². The molecule has 0 spiro atoms. The molecule has 0 heterocycles. The topological polar surface area (TPSA) is 66.2 Å².